The molecule has 0 atom stereocenters. The molecule has 5 aromatic rings. The average molecular weight is 380 g/mol. The molecule has 0 fully saturated rings. The average Bonchev–Trinajstić information content (AvgIpc) is 3.37. The molecule has 0 saturated heterocycles. The Labute approximate surface area is 166 Å². The third-order valence-electron chi connectivity index (χ3n) is 4.69. The van der Waals surface area contributed by atoms with Gasteiger partial charge in [0.1, 0.15) is 23.3 Å². The highest BCUT2D eigenvalue weighted by atomic mass is 16.5. The van der Waals surface area contributed by atoms with Crippen LogP contribution in [-0.4, -0.2) is 36.5 Å². The van der Waals surface area contributed by atoms with Gasteiger partial charge in [-0.25, -0.2) is 14.5 Å². The zero-order chi connectivity index (χ0) is 19.8. The summed E-state index contributed by atoms with van der Waals surface area (Å²) in [6.45, 7) is 0. The summed E-state index contributed by atoms with van der Waals surface area (Å²) in [5.41, 5.74) is 5.08. The van der Waals surface area contributed by atoms with Gasteiger partial charge in [0.15, 0.2) is 0 Å². The van der Waals surface area contributed by atoms with Crippen molar-refractivity contribution < 1.29 is 4.74 Å². The first-order valence-corrected chi connectivity index (χ1v) is 8.99. The van der Waals surface area contributed by atoms with E-state index < -0.39 is 0 Å². The molecule has 0 unspecified atom stereocenters. The van der Waals surface area contributed by atoms with E-state index >= 15 is 0 Å². The van der Waals surface area contributed by atoms with Gasteiger partial charge in [-0.15, -0.1) is 0 Å². The van der Waals surface area contributed by atoms with E-state index in [-0.39, 0.29) is 0 Å². The molecule has 1 aromatic carbocycles. The molecular weight excluding hydrogens is 364 g/mol. The van der Waals surface area contributed by atoms with Crippen molar-refractivity contribution in [2.45, 2.75) is 0 Å². The van der Waals surface area contributed by atoms with E-state index in [0.29, 0.717) is 11.4 Å². The fraction of sp³-hybridized carbons (Fsp3) is 0.0909. The molecule has 29 heavy (non-hydrogen) atoms. The first-order chi connectivity index (χ1) is 14.2. The summed E-state index contributed by atoms with van der Waals surface area (Å²) in [6, 6.07) is 9.79. The number of pyridine rings is 1. The van der Waals surface area contributed by atoms with Crippen LogP contribution in [0.4, 0.5) is 0 Å². The standard InChI is InChI=1S/C22H16N6O/c1-27-12-17(11-25-27)16-9-21(29-2)22-15(10-26-28(22)13-16)7-8-20-18-5-3-4-6-19(18)23-14-24-20/h3-6,9-14H,1-2H3. The maximum absolute atomic E-state index is 5.64. The van der Waals surface area contributed by atoms with Crippen LogP contribution in [0, 0.1) is 11.8 Å². The molecule has 0 bridgehead atoms. The molecule has 4 aromatic heterocycles. The Morgan fingerprint density at radius 2 is 1.86 bits per heavy atom. The number of aryl methyl sites for hydroxylation is 1. The van der Waals surface area contributed by atoms with Crippen LogP contribution in [0.3, 0.4) is 0 Å². The number of rotatable bonds is 2. The number of benzene rings is 1. The van der Waals surface area contributed by atoms with Crippen LogP contribution in [0.2, 0.25) is 0 Å². The lowest BCUT2D eigenvalue weighted by Crippen LogP contribution is -1.94. The van der Waals surface area contributed by atoms with Crippen LogP contribution in [0.1, 0.15) is 11.3 Å². The Morgan fingerprint density at radius 1 is 0.966 bits per heavy atom. The third-order valence-corrected chi connectivity index (χ3v) is 4.69. The van der Waals surface area contributed by atoms with Crippen LogP contribution < -0.4 is 4.74 Å². The van der Waals surface area contributed by atoms with Crippen molar-refractivity contribution in [3.63, 3.8) is 0 Å². The van der Waals surface area contributed by atoms with E-state index in [1.54, 1.807) is 22.5 Å². The van der Waals surface area contributed by atoms with Crippen LogP contribution in [0.5, 0.6) is 5.75 Å². The fourth-order valence-electron chi connectivity index (χ4n) is 3.29. The lowest BCUT2D eigenvalue weighted by Gasteiger charge is -2.06. The van der Waals surface area contributed by atoms with Crippen molar-refractivity contribution in [2.24, 2.45) is 7.05 Å². The molecule has 0 amide bonds. The van der Waals surface area contributed by atoms with Gasteiger partial charge in [-0.3, -0.25) is 4.68 Å². The molecule has 0 aliphatic heterocycles. The van der Waals surface area contributed by atoms with Gasteiger partial charge in [0.25, 0.3) is 0 Å². The molecule has 0 saturated carbocycles. The van der Waals surface area contributed by atoms with E-state index in [4.69, 9.17) is 4.74 Å². The van der Waals surface area contributed by atoms with Crippen molar-refractivity contribution in [3.8, 4) is 28.7 Å². The fourth-order valence-corrected chi connectivity index (χ4v) is 3.29. The number of ether oxygens (including phenoxy) is 1. The summed E-state index contributed by atoms with van der Waals surface area (Å²) >= 11 is 0. The van der Waals surface area contributed by atoms with Gasteiger partial charge in [0, 0.05) is 36.0 Å². The molecular formula is C22H16N6O. The van der Waals surface area contributed by atoms with E-state index in [1.165, 1.54) is 6.33 Å². The van der Waals surface area contributed by atoms with Crippen LogP contribution in [0.25, 0.3) is 27.5 Å². The first kappa shape index (κ1) is 17.0. The van der Waals surface area contributed by atoms with Gasteiger partial charge in [-0.05, 0) is 24.1 Å². The van der Waals surface area contributed by atoms with Crippen LogP contribution in [0.15, 0.2) is 61.4 Å². The maximum atomic E-state index is 5.64. The molecule has 7 heteroatoms. The van der Waals surface area contributed by atoms with E-state index in [0.717, 1.165) is 33.1 Å². The highest BCUT2D eigenvalue weighted by molar-refractivity contribution is 5.83. The quantitative estimate of drug-likeness (QED) is 0.440. The van der Waals surface area contributed by atoms with Gasteiger partial charge in [0.05, 0.1) is 30.6 Å². The zero-order valence-electron chi connectivity index (χ0n) is 15.9. The zero-order valence-corrected chi connectivity index (χ0v) is 15.9. The van der Waals surface area contributed by atoms with Crippen LogP contribution >= 0.6 is 0 Å². The summed E-state index contributed by atoms with van der Waals surface area (Å²) in [7, 11) is 3.53. The van der Waals surface area contributed by atoms with Crippen molar-refractivity contribution in [1.29, 1.82) is 0 Å². The Morgan fingerprint density at radius 3 is 2.69 bits per heavy atom. The smallest absolute Gasteiger partial charge is 0.146 e. The van der Waals surface area contributed by atoms with Crippen molar-refractivity contribution in [3.05, 3.63) is 72.7 Å². The summed E-state index contributed by atoms with van der Waals surface area (Å²) in [4.78, 5) is 8.61. The number of para-hydroxylation sites is 1. The second-order valence-electron chi connectivity index (χ2n) is 6.54. The topological polar surface area (TPSA) is 70.1 Å². The Bertz CT molecular complexity index is 1410. The molecule has 5 rings (SSSR count). The Kier molecular flexibility index (Phi) is 3.96. The monoisotopic (exact) mass is 380 g/mol. The molecule has 0 N–H and O–H groups in total. The minimum Gasteiger partial charge on any atom is -0.494 e. The van der Waals surface area contributed by atoms with Crippen LogP contribution in [-0.2, 0) is 7.05 Å². The predicted molar refractivity (Wildman–Crippen MR) is 109 cm³/mol. The Balaban J connectivity index is 1.63. The second kappa shape index (κ2) is 6.77. The van der Waals surface area contributed by atoms with Gasteiger partial charge in [-0.2, -0.15) is 10.2 Å². The third kappa shape index (κ3) is 2.97. The molecule has 140 valence electrons. The highest BCUT2D eigenvalue weighted by Crippen LogP contribution is 2.29. The van der Waals surface area contributed by atoms with Gasteiger partial charge >= 0.3 is 0 Å². The SMILES string of the molecule is COc1cc(-c2cnn(C)c2)cn2ncc(C#Cc3ncnc4ccccc34)c12. The van der Waals surface area contributed by atoms with Gasteiger partial charge < -0.3 is 4.74 Å². The predicted octanol–water partition coefficient (Wildman–Crippen LogP) is 3.09. The summed E-state index contributed by atoms with van der Waals surface area (Å²) in [5, 5.41) is 9.62. The number of methoxy groups -OCH3 is 1. The van der Waals surface area contributed by atoms with Gasteiger partial charge in [0.2, 0.25) is 0 Å². The highest BCUT2D eigenvalue weighted by Gasteiger charge is 2.12. The number of nitrogens with zero attached hydrogens (tertiary/aromatic N) is 6. The molecule has 4 heterocycles. The number of hydrogen-bond acceptors (Lipinski definition) is 5. The Hall–Kier alpha value is -4.18. The molecule has 7 nitrogen and oxygen atoms in total. The molecule has 0 aliphatic carbocycles. The maximum Gasteiger partial charge on any atom is 0.146 e. The lowest BCUT2D eigenvalue weighted by molar-refractivity contribution is 0.417. The number of aromatic nitrogens is 6. The van der Waals surface area contributed by atoms with Crippen molar-refractivity contribution in [2.75, 3.05) is 7.11 Å². The minimum absolute atomic E-state index is 0.681. The normalized spacial score (nSPS) is 10.8. The molecule has 0 radical (unpaired) electrons. The van der Waals surface area contributed by atoms with Crippen molar-refractivity contribution >= 4 is 16.4 Å². The summed E-state index contributed by atoms with van der Waals surface area (Å²) in [6.07, 6.45) is 8.97. The second-order valence-corrected chi connectivity index (χ2v) is 6.54. The molecule has 0 aliphatic rings. The summed E-state index contributed by atoms with van der Waals surface area (Å²) in [5.74, 6) is 7.05. The summed E-state index contributed by atoms with van der Waals surface area (Å²) < 4.78 is 9.18. The first-order valence-electron chi connectivity index (χ1n) is 8.99. The lowest BCUT2D eigenvalue weighted by atomic mass is 10.1. The minimum atomic E-state index is 0.681. The van der Waals surface area contributed by atoms with E-state index in [2.05, 4.69) is 32.0 Å². The molecule has 0 spiro atoms. The van der Waals surface area contributed by atoms with Crippen molar-refractivity contribution in [1.82, 2.24) is 29.4 Å². The van der Waals surface area contributed by atoms with E-state index in [1.807, 2.05) is 56.0 Å². The largest absolute Gasteiger partial charge is 0.494 e. The van der Waals surface area contributed by atoms with Gasteiger partial charge in [-0.1, -0.05) is 18.1 Å². The number of fused-ring (bicyclic) bond motifs is 2. The van der Waals surface area contributed by atoms with E-state index in [9.17, 15) is 0 Å². The number of hydrogen-bond donors (Lipinski definition) is 0.